The van der Waals surface area contributed by atoms with E-state index in [0.717, 1.165) is 59.3 Å². The van der Waals surface area contributed by atoms with E-state index in [1.807, 2.05) is 92.7 Å². The normalized spacial score (nSPS) is 13.3. The number of para-hydroxylation sites is 1. The Labute approximate surface area is 457 Å². The van der Waals surface area contributed by atoms with Gasteiger partial charge in [0.2, 0.25) is 17.7 Å². The van der Waals surface area contributed by atoms with Crippen LogP contribution in [0.1, 0.15) is 134 Å². The largest absolute Gasteiger partial charge is 0.493 e. The second-order valence-electron chi connectivity index (χ2n) is 22.1. The minimum Gasteiger partial charge on any atom is -0.493 e. The fourth-order valence-corrected chi connectivity index (χ4v) is 9.91. The average Bonchev–Trinajstić information content (AvgIpc) is 3.78. The van der Waals surface area contributed by atoms with E-state index >= 15 is 0 Å². The summed E-state index contributed by atoms with van der Waals surface area (Å²) in [5.41, 5.74) is 11.1. The van der Waals surface area contributed by atoms with Gasteiger partial charge >= 0.3 is 0 Å². The first-order chi connectivity index (χ1) is 36.8. The predicted octanol–water partition coefficient (Wildman–Crippen LogP) is 11.8. The molecule has 0 aliphatic rings. The molecule has 0 bridgehead atoms. The van der Waals surface area contributed by atoms with Gasteiger partial charge in [0, 0.05) is 62.5 Å². The smallest absolute Gasteiger partial charge is 0.258 e. The number of nitrogens with two attached hydrogens (primary N) is 1. The minimum atomic E-state index is -1.06. The molecule has 418 valence electrons. The molecule has 1 aromatic heterocycles. The highest BCUT2D eigenvalue weighted by Crippen LogP contribution is 2.43. The first kappa shape index (κ1) is 61.3. The molecule has 14 heteroatoms. The number of primary amides is 1. The molecule has 0 radical (unpaired) electrons. The molecule has 0 saturated heterocycles. The van der Waals surface area contributed by atoms with Crippen molar-refractivity contribution in [1.82, 2.24) is 15.2 Å². The van der Waals surface area contributed by atoms with Crippen molar-refractivity contribution in [3.8, 4) is 33.9 Å². The Morgan fingerprint density at radius 1 is 0.753 bits per heavy atom. The van der Waals surface area contributed by atoms with Crippen molar-refractivity contribution in [2.45, 2.75) is 138 Å². The molecule has 4 aromatic carbocycles. The fraction of sp³-hybridized carbons (Fsp3) is 0.492. The minimum absolute atomic E-state index is 0.0175. The molecule has 5 rings (SSSR count). The van der Waals surface area contributed by atoms with Gasteiger partial charge in [0.15, 0.2) is 11.5 Å². The lowest BCUT2D eigenvalue weighted by Crippen LogP contribution is -2.48. The van der Waals surface area contributed by atoms with Gasteiger partial charge in [-0.2, -0.15) is 0 Å². The van der Waals surface area contributed by atoms with E-state index in [0.29, 0.717) is 61.8 Å². The van der Waals surface area contributed by atoms with Crippen LogP contribution in [0.25, 0.3) is 22.4 Å². The molecule has 0 aliphatic heterocycles. The van der Waals surface area contributed by atoms with Gasteiger partial charge in [0.05, 0.1) is 42.5 Å². The summed E-state index contributed by atoms with van der Waals surface area (Å²) in [7, 11) is 3.26. The zero-order chi connectivity index (χ0) is 56.2. The molecular formula is C63H86FN5O8. The van der Waals surface area contributed by atoms with Gasteiger partial charge in [0.25, 0.3) is 5.91 Å². The first-order valence-corrected chi connectivity index (χ1v) is 27.5. The molecule has 5 aromatic rings. The second kappa shape index (κ2) is 29.9. The van der Waals surface area contributed by atoms with Crippen molar-refractivity contribution >= 4 is 29.3 Å². The predicted molar refractivity (Wildman–Crippen MR) is 305 cm³/mol. The maximum absolute atomic E-state index is 14.5. The third-order valence-electron chi connectivity index (χ3n) is 14.6. The molecule has 1 heterocycles. The molecular weight excluding hydrogens is 974 g/mol. The maximum atomic E-state index is 14.5. The number of hydrogen-bond donors (Lipinski definition) is 5. The molecule has 0 saturated carbocycles. The lowest BCUT2D eigenvalue weighted by atomic mass is 9.80. The van der Waals surface area contributed by atoms with Crippen molar-refractivity contribution in [1.29, 1.82) is 0 Å². The second-order valence-corrected chi connectivity index (χ2v) is 22.1. The van der Waals surface area contributed by atoms with Gasteiger partial charge in [-0.1, -0.05) is 109 Å². The van der Waals surface area contributed by atoms with Crippen LogP contribution in [0.2, 0.25) is 0 Å². The number of anilines is 1. The number of aliphatic hydroxyl groups is 1. The van der Waals surface area contributed by atoms with E-state index in [1.54, 1.807) is 40.2 Å². The van der Waals surface area contributed by atoms with E-state index in [2.05, 4.69) is 48.2 Å². The number of rotatable bonds is 32. The Hall–Kier alpha value is -6.51. The van der Waals surface area contributed by atoms with Crippen LogP contribution < -0.4 is 31.2 Å². The Kier molecular flexibility index (Phi) is 23.8. The summed E-state index contributed by atoms with van der Waals surface area (Å²) in [6.45, 7) is 17.3. The lowest BCUT2D eigenvalue weighted by molar-refractivity contribution is -0.130. The highest BCUT2D eigenvalue weighted by Gasteiger charge is 2.35. The molecule has 77 heavy (non-hydrogen) atoms. The molecule has 0 spiro atoms. The van der Waals surface area contributed by atoms with E-state index in [4.69, 9.17) is 19.9 Å². The molecule has 6 N–H and O–H groups in total. The number of carbonyl (C=O) groups is 4. The highest BCUT2D eigenvalue weighted by molar-refractivity contribution is 6.12. The Bertz CT molecular complexity index is 2650. The molecule has 4 unspecified atom stereocenters. The molecule has 13 nitrogen and oxygen atoms in total. The number of nitrogens with one attached hydrogen (secondary N) is 3. The summed E-state index contributed by atoms with van der Waals surface area (Å²) < 4.78 is 33.6. The van der Waals surface area contributed by atoms with Gasteiger partial charge in [0.1, 0.15) is 5.82 Å². The Morgan fingerprint density at radius 2 is 1.42 bits per heavy atom. The maximum Gasteiger partial charge on any atom is 0.258 e. The topological polar surface area (TPSA) is 183 Å². The van der Waals surface area contributed by atoms with Crippen molar-refractivity contribution in [2.24, 2.45) is 34.8 Å². The number of aromatic nitrogens is 1. The molecule has 0 fully saturated rings. The zero-order valence-corrected chi connectivity index (χ0v) is 47.3. The van der Waals surface area contributed by atoms with E-state index in [9.17, 15) is 28.7 Å². The average molecular weight is 1060 g/mol. The summed E-state index contributed by atoms with van der Waals surface area (Å²) in [5.74, 6) is -0.961. The van der Waals surface area contributed by atoms with Gasteiger partial charge in [-0.3, -0.25) is 19.2 Å². The van der Waals surface area contributed by atoms with E-state index in [1.165, 1.54) is 12.1 Å². The number of amides is 4. The Morgan fingerprint density at radius 3 is 2.03 bits per heavy atom. The number of ether oxygens (including phenoxy) is 3. The number of unbranched alkanes of at least 4 members (excludes halogenated alkanes) is 3. The third kappa shape index (κ3) is 17.8. The van der Waals surface area contributed by atoms with Crippen LogP contribution in [-0.2, 0) is 32.1 Å². The van der Waals surface area contributed by atoms with Crippen molar-refractivity contribution < 1.29 is 42.9 Å². The number of halogens is 1. The van der Waals surface area contributed by atoms with Gasteiger partial charge in [-0.25, -0.2) is 4.39 Å². The van der Waals surface area contributed by atoms with Gasteiger partial charge in [-0.15, -0.1) is 0 Å². The highest BCUT2D eigenvalue weighted by atomic mass is 19.1. The number of hydrogen-bond acceptors (Lipinski definition) is 8. The monoisotopic (exact) mass is 1060 g/mol. The number of aliphatic hydroxyl groups excluding tert-OH is 1. The zero-order valence-electron chi connectivity index (χ0n) is 47.3. The number of nitrogens with zero attached hydrogens (tertiary/aromatic N) is 1. The molecule has 4 atom stereocenters. The lowest BCUT2D eigenvalue weighted by Gasteiger charge is -2.33. The quantitative estimate of drug-likeness (QED) is 0.0264. The standard InChI is InChI=1S/C63H86FN5O8/c1-41(2)47(36-44-27-32-53(76-10)54(37-44)77-35-21-34-75-9)38-51(52(70)39-50(42(3)4)60(72)66-40-63(7,8)62(65)74)68-55(71)26-19-11-12-20-33-69-58(43(5)6)57(61(73)67-49-24-17-14-18-25-49)56(45-22-15-13-16-23-45)59(69)46-28-30-48(64)31-29-46/h13-18,22-25,27-32,37,41-43,47,50-52,70H,11-12,19-21,26,33-36,38-40H2,1-10H3,(H2,65,74)(H,66,72)(H,67,73)(H,68,71). The summed E-state index contributed by atoms with van der Waals surface area (Å²) in [5, 5.41) is 21.4. The van der Waals surface area contributed by atoms with Crippen LogP contribution in [0.15, 0.2) is 103 Å². The van der Waals surface area contributed by atoms with Crippen LogP contribution in [0.5, 0.6) is 11.5 Å². The van der Waals surface area contributed by atoms with E-state index < -0.39 is 29.4 Å². The van der Waals surface area contributed by atoms with Gasteiger partial charge in [-0.05, 0) is 135 Å². The van der Waals surface area contributed by atoms with E-state index in [-0.39, 0.29) is 66.6 Å². The first-order valence-electron chi connectivity index (χ1n) is 27.5. The summed E-state index contributed by atoms with van der Waals surface area (Å²) >= 11 is 0. The van der Waals surface area contributed by atoms with Crippen LogP contribution in [0.4, 0.5) is 10.1 Å². The SMILES string of the molecule is COCCCOc1cc(CC(CC(NC(=O)CCCCCCn2c(-c3ccc(F)cc3)c(-c3ccccc3)c(C(=O)Nc3ccccc3)c2C(C)C)C(O)CC(C(=O)NCC(C)(C)C(N)=O)C(C)C)C(C)C)ccc1OC. The summed E-state index contributed by atoms with van der Waals surface area (Å²) in [6.07, 6.45) is 3.95. The number of carbonyl (C=O) groups excluding carboxylic acids is 4. The van der Waals surface area contributed by atoms with Crippen LogP contribution >= 0.6 is 0 Å². The van der Waals surface area contributed by atoms with Crippen molar-refractivity contribution in [3.63, 3.8) is 0 Å². The van der Waals surface area contributed by atoms with Crippen molar-refractivity contribution in [3.05, 3.63) is 126 Å². The van der Waals surface area contributed by atoms with Crippen LogP contribution in [-0.4, -0.2) is 79.4 Å². The van der Waals surface area contributed by atoms with Crippen LogP contribution in [0, 0.1) is 34.9 Å². The summed E-state index contributed by atoms with van der Waals surface area (Å²) in [6, 6.07) is 30.9. The molecule has 4 amide bonds. The fourth-order valence-electron chi connectivity index (χ4n) is 9.91. The van der Waals surface area contributed by atoms with Crippen molar-refractivity contribution in [2.75, 3.05) is 39.3 Å². The number of methoxy groups -OCH3 is 2. The Balaban J connectivity index is 1.36. The summed E-state index contributed by atoms with van der Waals surface area (Å²) in [4.78, 5) is 54.4. The van der Waals surface area contributed by atoms with Crippen LogP contribution in [0.3, 0.4) is 0 Å². The molecule has 0 aliphatic carbocycles. The third-order valence-corrected chi connectivity index (χ3v) is 14.6. The van der Waals surface area contributed by atoms with Gasteiger partial charge < -0.3 is 45.6 Å². The number of benzene rings is 4.